The second kappa shape index (κ2) is 19.9. The Kier molecular flexibility index (Phi) is 16.7. The van der Waals surface area contributed by atoms with Crippen LogP contribution in [0.25, 0.3) is 0 Å². The topological polar surface area (TPSA) is 268 Å². The molecule has 0 saturated heterocycles. The number of nitrogens with one attached hydrogen (secondary N) is 8. The van der Waals surface area contributed by atoms with Crippen molar-refractivity contribution >= 4 is 47.4 Å². The summed E-state index contributed by atoms with van der Waals surface area (Å²) in [5.41, 5.74) is -7.47. The van der Waals surface area contributed by atoms with Gasteiger partial charge in [0.2, 0.25) is 41.4 Å². The van der Waals surface area contributed by atoms with Gasteiger partial charge in [0.1, 0.15) is 45.4 Å². The lowest BCUT2D eigenvalue weighted by atomic mass is 9.94. The maximum absolute atomic E-state index is 13.6. The van der Waals surface area contributed by atoms with Gasteiger partial charge < -0.3 is 47.3 Å². The summed E-state index contributed by atoms with van der Waals surface area (Å²) in [7, 11) is 1.44. The summed E-state index contributed by atoms with van der Waals surface area (Å²) in [6.07, 6.45) is 5.58. The predicted molar refractivity (Wildman–Crippen MR) is 226 cm³/mol. The third kappa shape index (κ3) is 15.8. The Morgan fingerprint density at radius 3 is 1.11 bits per heavy atom. The fourth-order valence-corrected chi connectivity index (χ4v) is 5.33. The van der Waals surface area contributed by atoms with Crippen molar-refractivity contribution in [2.45, 2.75) is 148 Å². The van der Waals surface area contributed by atoms with Crippen LogP contribution in [0.4, 0.5) is 4.79 Å². The van der Waals surface area contributed by atoms with E-state index < -0.39 is 92.8 Å². The van der Waals surface area contributed by atoms with Gasteiger partial charge in [0.05, 0.1) is 0 Å². The molecular formula is C42H64N10O9. The van der Waals surface area contributed by atoms with Crippen molar-refractivity contribution in [3.8, 4) is 0 Å². The van der Waals surface area contributed by atoms with Crippen molar-refractivity contribution in [2.75, 3.05) is 7.05 Å². The Morgan fingerprint density at radius 1 is 0.475 bits per heavy atom. The molecule has 8 amide bonds. The molecule has 8 N–H and O–H groups in total. The Morgan fingerprint density at radius 2 is 0.787 bits per heavy atom. The summed E-state index contributed by atoms with van der Waals surface area (Å²) in [6.45, 7) is 19.2. The van der Waals surface area contributed by atoms with Gasteiger partial charge in [-0.3, -0.25) is 43.5 Å². The van der Waals surface area contributed by atoms with Gasteiger partial charge in [-0.15, -0.1) is 0 Å². The molecule has 0 aromatic carbocycles. The summed E-state index contributed by atoms with van der Waals surface area (Å²) in [5, 5.41) is 20.9. The number of carbonyl (C=O) groups is 8. The lowest BCUT2D eigenvalue weighted by Gasteiger charge is -2.37. The average molecular weight is 853 g/mol. The summed E-state index contributed by atoms with van der Waals surface area (Å²) >= 11 is 0. The number of hydrogen-bond donors (Lipinski definition) is 8. The maximum Gasteiger partial charge on any atom is 0.408 e. The number of aromatic nitrogens is 2. The van der Waals surface area contributed by atoms with Gasteiger partial charge >= 0.3 is 6.09 Å². The lowest BCUT2D eigenvalue weighted by Crippen LogP contribution is -2.69. The molecule has 336 valence electrons. The highest BCUT2D eigenvalue weighted by Gasteiger charge is 2.44. The van der Waals surface area contributed by atoms with E-state index in [1.54, 1.807) is 57.4 Å². The van der Waals surface area contributed by atoms with Crippen LogP contribution in [0, 0.1) is 0 Å². The Bertz CT molecular complexity index is 1930. The molecule has 0 spiro atoms. The Labute approximate surface area is 357 Å². The van der Waals surface area contributed by atoms with Crippen LogP contribution in [0.2, 0.25) is 0 Å². The average Bonchev–Trinajstić information content (AvgIpc) is 3.13. The van der Waals surface area contributed by atoms with Gasteiger partial charge in [-0.2, -0.15) is 0 Å². The number of likely N-dealkylation sites (N-methyl/N-ethyl adjacent to an activating group) is 1. The number of pyridine rings is 2. The van der Waals surface area contributed by atoms with E-state index in [9.17, 15) is 38.4 Å². The minimum atomic E-state index is -1.64. The SMILES string of the molecule is CNC(=O)[C@@H](Cc1ccncc1)NC(=O)C(C)(C)NC(=O)C(C)(C)NC(=O)C(C)(C)NC(=O)C(C)(C)NC(=O)C(C)(C)NC(=O)[C@@H](Cc1ccncc1)NC(=O)OC(C)(C)C. The van der Waals surface area contributed by atoms with Crippen LogP contribution in [0.15, 0.2) is 49.1 Å². The summed E-state index contributed by atoms with van der Waals surface area (Å²) < 4.78 is 5.34. The van der Waals surface area contributed by atoms with Crippen LogP contribution in [0.1, 0.15) is 101 Å². The molecule has 2 aromatic heterocycles. The fourth-order valence-electron chi connectivity index (χ4n) is 5.33. The molecule has 0 radical (unpaired) electrons. The molecule has 2 heterocycles. The molecule has 0 aliphatic carbocycles. The first kappa shape index (κ1) is 51.0. The number of carbonyl (C=O) groups excluding carboxylic acids is 8. The highest BCUT2D eigenvalue weighted by Crippen LogP contribution is 2.16. The molecule has 2 atom stereocenters. The Hall–Kier alpha value is -6.14. The van der Waals surface area contributed by atoms with Crippen molar-refractivity contribution in [1.29, 1.82) is 0 Å². The van der Waals surface area contributed by atoms with E-state index >= 15 is 0 Å². The van der Waals surface area contributed by atoms with E-state index in [0.717, 1.165) is 5.56 Å². The zero-order valence-electron chi connectivity index (χ0n) is 37.8. The third-order valence-corrected chi connectivity index (χ3v) is 9.23. The quantitative estimate of drug-likeness (QED) is 0.104. The predicted octanol–water partition coefficient (Wildman–Crippen LogP) is 0.860. The Balaban J connectivity index is 2.10. The van der Waals surface area contributed by atoms with Crippen LogP contribution in [0.5, 0.6) is 0 Å². The molecule has 19 heteroatoms. The van der Waals surface area contributed by atoms with Gasteiger partial charge in [-0.1, -0.05) is 0 Å². The van der Waals surface area contributed by atoms with Crippen LogP contribution < -0.4 is 42.5 Å². The van der Waals surface area contributed by atoms with Gasteiger partial charge in [-0.05, 0) is 125 Å². The molecule has 0 unspecified atom stereocenters. The maximum atomic E-state index is 13.6. The highest BCUT2D eigenvalue weighted by molar-refractivity contribution is 6.01. The first-order valence-corrected chi connectivity index (χ1v) is 19.7. The smallest absolute Gasteiger partial charge is 0.408 e. The number of nitrogens with zero attached hydrogens (tertiary/aromatic N) is 2. The zero-order valence-corrected chi connectivity index (χ0v) is 37.8. The highest BCUT2D eigenvalue weighted by atomic mass is 16.6. The largest absolute Gasteiger partial charge is 0.444 e. The van der Waals surface area contributed by atoms with E-state index in [4.69, 9.17) is 4.74 Å². The molecule has 0 bridgehead atoms. The second-order valence-electron chi connectivity index (χ2n) is 18.4. The van der Waals surface area contributed by atoms with Gasteiger partial charge in [0.15, 0.2) is 0 Å². The van der Waals surface area contributed by atoms with Crippen LogP contribution >= 0.6 is 0 Å². The number of amides is 8. The van der Waals surface area contributed by atoms with E-state index in [1.807, 2.05) is 0 Å². The molecule has 2 aromatic rings. The van der Waals surface area contributed by atoms with E-state index in [-0.39, 0.29) is 12.8 Å². The van der Waals surface area contributed by atoms with Crippen molar-refractivity contribution in [3.63, 3.8) is 0 Å². The van der Waals surface area contributed by atoms with Crippen molar-refractivity contribution < 1.29 is 43.1 Å². The monoisotopic (exact) mass is 852 g/mol. The second-order valence-corrected chi connectivity index (χ2v) is 18.4. The van der Waals surface area contributed by atoms with E-state index in [1.165, 1.54) is 88.7 Å². The summed E-state index contributed by atoms with van der Waals surface area (Å²) in [6, 6.07) is 4.65. The molecule has 0 saturated carbocycles. The standard InChI is InChI=1S/C42H64N10O9/c1-37(2,3)61-36(60)47-28(24-26-17-21-45-22-18-26)30(54)48-39(6,7)32(56)50-41(10,11)34(58)52-42(12,13)35(59)51-40(8,9)33(57)49-38(4,5)31(55)46-27(29(53)43-14)23-25-15-19-44-20-16-25/h15-22,27-28H,23-24H2,1-14H3,(H,43,53)(H,46,55)(H,47,60)(H,48,54)(H,49,57)(H,50,56)(H,51,59)(H,52,58)/t27-,28-/m1/s1. The van der Waals surface area contributed by atoms with Crippen LogP contribution in [-0.4, -0.2) is 110 Å². The molecular weight excluding hydrogens is 789 g/mol. The van der Waals surface area contributed by atoms with Crippen molar-refractivity contribution in [3.05, 3.63) is 60.2 Å². The molecule has 0 fully saturated rings. The lowest BCUT2D eigenvalue weighted by molar-refractivity contribution is -0.141. The molecule has 61 heavy (non-hydrogen) atoms. The van der Waals surface area contributed by atoms with Crippen LogP contribution in [0.3, 0.4) is 0 Å². The molecule has 19 nitrogen and oxygen atoms in total. The number of alkyl carbamates (subject to hydrolysis) is 1. The summed E-state index contributed by atoms with van der Waals surface area (Å²) in [5.74, 6) is -4.85. The fraction of sp³-hybridized carbons (Fsp3) is 0.571. The van der Waals surface area contributed by atoms with Gasteiger partial charge in [0, 0.05) is 44.7 Å². The molecule has 0 aliphatic rings. The summed E-state index contributed by atoms with van der Waals surface area (Å²) in [4.78, 5) is 115. The number of ether oxygens (including phenoxy) is 1. The van der Waals surface area contributed by atoms with E-state index in [0.29, 0.717) is 5.56 Å². The number of hydrogen-bond acceptors (Lipinski definition) is 11. The van der Waals surface area contributed by atoms with Crippen molar-refractivity contribution in [2.24, 2.45) is 0 Å². The minimum absolute atomic E-state index is 0.0506. The first-order chi connectivity index (χ1) is 27.8. The molecule has 2 rings (SSSR count). The number of rotatable bonds is 18. The van der Waals surface area contributed by atoms with Gasteiger partial charge in [0.25, 0.3) is 0 Å². The minimum Gasteiger partial charge on any atom is -0.444 e. The third-order valence-electron chi connectivity index (χ3n) is 9.23. The zero-order chi connectivity index (χ0) is 46.8. The van der Waals surface area contributed by atoms with Crippen molar-refractivity contribution in [1.82, 2.24) is 52.5 Å². The normalized spacial score (nSPS) is 13.3. The van der Waals surface area contributed by atoms with Gasteiger partial charge in [-0.25, -0.2) is 4.79 Å². The van der Waals surface area contributed by atoms with E-state index in [2.05, 4.69) is 52.5 Å². The first-order valence-electron chi connectivity index (χ1n) is 19.7. The van der Waals surface area contributed by atoms with Crippen LogP contribution in [-0.2, 0) is 51.1 Å². The molecule has 0 aliphatic heterocycles.